The minimum Gasteiger partial charge on any atom is -0.444 e. The number of ether oxygens (including phenoxy) is 1. The second-order valence-electron chi connectivity index (χ2n) is 7.72. The molecule has 0 radical (unpaired) electrons. The van der Waals surface area contributed by atoms with Gasteiger partial charge in [0.1, 0.15) is 5.60 Å². The van der Waals surface area contributed by atoms with E-state index in [0.717, 1.165) is 42.2 Å². The number of carbonyl (C=O) groups is 1. The molecule has 1 amide bonds. The van der Waals surface area contributed by atoms with Crippen molar-refractivity contribution < 1.29 is 9.53 Å². The maximum absolute atomic E-state index is 12.1. The Hall–Kier alpha value is -1.42. The second-order valence-corrected chi connectivity index (χ2v) is 8.13. The molecule has 5 heteroatoms. The zero-order valence-corrected chi connectivity index (χ0v) is 16.1. The van der Waals surface area contributed by atoms with E-state index in [9.17, 15) is 4.79 Å². The van der Waals surface area contributed by atoms with Crippen LogP contribution in [-0.2, 0) is 4.74 Å². The molecule has 134 valence electrons. The molecule has 1 aromatic rings. The van der Waals surface area contributed by atoms with E-state index in [-0.39, 0.29) is 6.09 Å². The van der Waals surface area contributed by atoms with Crippen LogP contribution in [0, 0.1) is 12.8 Å². The predicted molar refractivity (Wildman–Crippen MR) is 99.8 cm³/mol. The topological polar surface area (TPSA) is 41.6 Å². The van der Waals surface area contributed by atoms with Crippen LogP contribution in [0.1, 0.15) is 46.1 Å². The Morgan fingerprint density at radius 2 is 1.96 bits per heavy atom. The molecule has 24 heavy (non-hydrogen) atoms. The Morgan fingerprint density at radius 1 is 1.33 bits per heavy atom. The van der Waals surface area contributed by atoms with Gasteiger partial charge in [0, 0.05) is 19.1 Å². The van der Waals surface area contributed by atoms with Crippen LogP contribution in [-0.4, -0.2) is 35.7 Å². The lowest BCUT2D eigenvalue weighted by Gasteiger charge is -2.36. The number of nitrogens with zero attached hydrogens (tertiary/aromatic N) is 1. The normalized spacial score (nSPS) is 17.5. The number of likely N-dealkylation sites (tertiary alicyclic amines) is 1. The van der Waals surface area contributed by atoms with Crippen LogP contribution >= 0.6 is 11.6 Å². The summed E-state index contributed by atoms with van der Waals surface area (Å²) in [5.74, 6) is 0.515. The van der Waals surface area contributed by atoms with Gasteiger partial charge in [-0.25, -0.2) is 4.79 Å². The van der Waals surface area contributed by atoms with E-state index in [1.54, 1.807) is 0 Å². The second kappa shape index (κ2) is 7.64. The van der Waals surface area contributed by atoms with Crippen molar-refractivity contribution in [2.24, 2.45) is 5.92 Å². The predicted octanol–water partition coefficient (Wildman–Crippen LogP) is 5.10. The van der Waals surface area contributed by atoms with Crippen LogP contribution in [0.2, 0.25) is 5.02 Å². The molecule has 1 N–H and O–H groups in total. The van der Waals surface area contributed by atoms with Gasteiger partial charge in [0.25, 0.3) is 0 Å². The van der Waals surface area contributed by atoms with Crippen molar-refractivity contribution in [1.29, 1.82) is 0 Å². The summed E-state index contributed by atoms with van der Waals surface area (Å²) in [5, 5.41) is 4.28. The zero-order valence-electron chi connectivity index (χ0n) is 15.4. The van der Waals surface area contributed by atoms with Gasteiger partial charge in [-0.3, -0.25) is 0 Å². The molecule has 1 saturated heterocycles. The van der Waals surface area contributed by atoms with E-state index in [1.807, 2.05) is 44.7 Å². The van der Waals surface area contributed by atoms with Gasteiger partial charge < -0.3 is 15.0 Å². The highest BCUT2D eigenvalue weighted by Gasteiger charge is 2.29. The fourth-order valence-corrected chi connectivity index (χ4v) is 3.30. The molecular formula is C19H29ClN2O2. The first-order chi connectivity index (χ1) is 11.2. The average Bonchev–Trinajstić information content (AvgIpc) is 2.48. The standard InChI is InChI=1S/C19H29ClN2O2/c1-13-6-7-17(16(20)12-13)21-14(2)15-8-10-22(11-9-15)18(23)24-19(3,4)5/h6-7,12,14-15,21H,8-11H2,1-5H3. The van der Waals surface area contributed by atoms with Crippen LogP contribution in [0.3, 0.4) is 0 Å². The molecule has 1 aliphatic heterocycles. The number of anilines is 1. The minimum atomic E-state index is -0.440. The van der Waals surface area contributed by atoms with Crippen molar-refractivity contribution in [1.82, 2.24) is 4.90 Å². The van der Waals surface area contributed by atoms with Crippen LogP contribution in [0.4, 0.5) is 10.5 Å². The quantitative estimate of drug-likeness (QED) is 0.823. The molecule has 0 aliphatic carbocycles. The van der Waals surface area contributed by atoms with Gasteiger partial charge in [-0.2, -0.15) is 0 Å². The fraction of sp³-hybridized carbons (Fsp3) is 0.632. The summed E-state index contributed by atoms with van der Waals surface area (Å²) in [7, 11) is 0. The zero-order chi connectivity index (χ0) is 17.9. The lowest BCUT2D eigenvalue weighted by molar-refractivity contribution is 0.0179. The summed E-state index contributed by atoms with van der Waals surface area (Å²) in [6, 6.07) is 6.38. The van der Waals surface area contributed by atoms with Gasteiger partial charge in [0.15, 0.2) is 0 Å². The largest absolute Gasteiger partial charge is 0.444 e. The molecule has 1 atom stereocenters. The first kappa shape index (κ1) is 18.9. The molecule has 0 spiro atoms. The van der Waals surface area contributed by atoms with Crippen molar-refractivity contribution in [3.8, 4) is 0 Å². The number of hydrogen-bond acceptors (Lipinski definition) is 3. The molecule has 2 rings (SSSR count). The van der Waals surface area contributed by atoms with Crippen molar-refractivity contribution in [2.75, 3.05) is 18.4 Å². The summed E-state index contributed by atoms with van der Waals surface area (Å²) in [4.78, 5) is 13.9. The van der Waals surface area contributed by atoms with Gasteiger partial charge in [-0.1, -0.05) is 17.7 Å². The summed E-state index contributed by atoms with van der Waals surface area (Å²) < 4.78 is 5.45. The lowest BCUT2D eigenvalue weighted by atomic mass is 9.90. The Kier molecular flexibility index (Phi) is 6.02. The Balaban J connectivity index is 1.86. The lowest BCUT2D eigenvalue weighted by Crippen LogP contribution is -2.44. The van der Waals surface area contributed by atoms with Crippen molar-refractivity contribution in [3.05, 3.63) is 28.8 Å². The molecule has 0 saturated carbocycles. The Bertz CT molecular complexity index is 575. The number of rotatable bonds is 3. The third-order valence-corrected chi connectivity index (χ3v) is 4.72. The summed E-state index contributed by atoms with van der Waals surface area (Å²) >= 11 is 6.31. The van der Waals surface area contributed by atoms with Crippen LogP contribution in [0.25, 0.3) is 0 Å². The number of amides is 1. The highest BCUT2D eigenvalue weighted by molar-refractivity contribution is 6.33. The smallest absolute Gasteiger partial charge is 0.410 e. The number of halogens is 1. The first-order valence-corrected chi connectivity index (χ1v) is 9.04. The molecular weight excluding hydrogens is 324 g/mol. The molecule has 1 heterocycles. The summed E-state index contributed by atoms with van der Waals surface area (Å²) in [6.07, 6.45) is 1.73. The molecule has 1 aliphatic rings. The number of piperidine rings is 1. The van der Waals surface area contributed by atoms with Gasteiger partial charge >= 0.3 is 6.09 Å². The molecule has 0 bridgehead atoms. The van der Waals surface area contributed by atoms with E-state index in [1.165, 1.54) is 0 Å². The number of nitrogens with one attached hydrogen (secondary N) is 1. The average molecular weight is 353 g/mol. The molecule has 4 nitrogen and oxygen atoms in total. The van der Waals surface area contributed by atoms with Crippen LogP contribution in [0.5, 0.6) is 0 Å². The number of carbonyl (C=O) groups excluding carboxylic acids is 1. The minimum absolute atomic E-state index is 0.205. The van der Waals surface area contributed by atoms with E-state index in [4.69, 9.17) is 16.3 Å². The number of hydrogen-bond donors (Lipinski definition) is 1. The molecule has 1 aromatic carbocycles. The maximum atomic E-state index is 12.1. The van der Waals surface area contributed by atoms with Gasteiger partial charge in [-0.15, -0.1) is 0 Å². The monoisotopic (exact) mass is 352 g/mol. The maximum Gasteiger partial charge on any atom is 0.410 e. The summed E-state index contributed by atoms with van der Waals surface area (Å²) in [5.41, 5.74) is 1.69. The van der Waals surface area contributed by atoms with Gasteiger partial charge in [0.05, 0.1) is 10.7 Å². The van der Waals surface area contributed by atoms with E-state index in [0.29, 0.717) is 12.0 Å². The Labute approximate surface area is 150 Å². The van der Waals surface area contributed by atoms with Gasteiger partial charge in [0.2, 0.25) is 0 Å². The van der Waals surface area contributed by atoms with Gasteiger partial charge in [-0.05, 0) is 71.1 Å². The number of aryl methyl sites for hydroxylation is 1. The van der Waals surface area contributed by atoms with Crippen molar-refractivity contribution in [2.45, 2.75) is 59.1 Å². The molecule has 1 unspecified atom stereocenters. The Morgan fingerprint density at radius 3 is 2.50 bits per heavy atom. The fourth-order valence-electron chi connectivity index (χ4n) is 3.01. The van der Waals surface area contributed by atoms with Crippen LogP contribution in [0.15, 0.2) is 18.2 Å². The number of benzene rings is 1. The molecule has 0 aromatic heterocycles. The van der Waals surface area contributed by atoms with E-state index >= 15 is 0 Å². The highest BCUT2D eigenvalue weighted by Crippen LogP contribution is 2.28. The van der Waals surface area contributed by atoms with Crippen LogP contribution < -0.4 is 5.32 Å². The summed E-state index contributed by atoms with van der Waals surface area (Å²) in [6.45, 7) is 11.4. The highest BCUT2D eigenvalue weighted by atomic mass is 35.5. The third-order valence-electron chi connectivity index (χ3n) is 4.41. The van der Waals surface area contributed by atoms with E-state index < -0.39 is 5.60 Å². The van der Waals surface area contributed by atoms with E-state index in [2.05, 4.69) is 18.3 Å². The SMILES string of the molecule is Cc1ccc(NC(C)C2CCN(C(=O)OC(C)(C)C)CC2)c(Cl)c1. The van der Waals surface area contributed by atoms with Crippen molar-refractivity contribution >= 4 is 23.4 Å². The van der Waals surface area contributed by atoms with Crippen molar-refractivity contribution in [3.63, 3.8) is 0 Å². The molecule has 1 fully saturated rings. The first-order valence-electron chi connectivity index (χ1n) is 8.66. The third kappa shape index (κ3) is 5.30.